The number of rotatable bonds is 7. The summed E-state index contributed by atoms with van der Waals surface area (Å²) in [6.07, 6.45) is 3.02. The molecule has 4 heteroatoms. The molecule has 1 aromatic rings. The van der Waals surface area contributed by atoms with Crippen molar-refractivity contribution in [3.05, 3.63) is 35.9 Å². The highest BCUT2D eigenvalue weighted by Gasteiger charge is 2.27. The van der Waals surface area contributed by atoms with Crippen molar-refractivity contribution in [2.75, 3.05) is 19.7 Å². The highest BCUT2D eigenvalue weighted by molar-refractivity contribution is 5.79. The van der Waals surface area contributed by atoms with Crippen molar-refractivity contribution in [1.82, 2.24) is 5.32 Å². The molecular formula is C17H26N2O2. The molecule has 1 heterocycles. The number of ether oxygens (including phenoxy) is 1. The molecule has 1 aliphatic rings. The van der Waals surface area contributed by atoms with Gasteiger partial charge in [0.05, 0.1) is 12.0 Å². The molecule has 0 aromatic heterocycles. The van der Waals surface area contributed by atoms with Gasteiger partial charge in [-0.25, -0.2) is 0 Å². The van der Waals surface area contributed by atoms with E-state index < -0.39 is 0 Å². The van der Waals surface area contributed by atoms with E-state index in [0.29, 0.717) is 25.4 Å². The normalized spacial score (nSPS) is 23.0. The third-order valence-corrected chi connectivity index (χ3v) is 4.27. The maximum Gasteiger partial charge on any atom is 0.224 e. The van der Waals surface area contributed by atoms with Gasteiger partial charge in [-0.3, -0.25) is 4.79 Å². The smallest absolute Gasteiger partial charge is 0.224 e. The largest absolute Gasteiger partial charge is 0.378 e. The quantitative estimate of drug-likeness (QED) is 0.804. The number of nitrogens with one attached hydrogen (secondary N) is 1. The van der Waals surface area contributed by atoms with E-state index in [0.717, 1.165) is 25.0 Å². The van der Waals surface area contributed by atoms with Crippen LogP contribution in [-0.2, 0) is 16.0 Å². The van der Waals surface area contributed by atoms with E-state index in [1.807, 2.05) is 30.3 Å². The summed E-state index contributed by atoms with van der Waals surface area (Å²) >= 11 is 0. The van der Waals surface area contributed by atoms with E-state index in [1.165, 1.54) is 0 Å². The standard InChI is InChI=1S/C17H26N2O2/c1-2-16-14(8-9-21-16)12-19-17(20)15(11-18)10-13-6-4-3-5-7-13/h3-7,14-16H,2,8-12,18H2,1H3,(H,19,20). The third-order valence-electron chi connectivity index (χ3n) is 4.27. The summed E-state index contributed by atoms with van der Waals surface area (Å²) in [6.45, 7) is 4.01. The average molecular weight is 290 g/mol. The molecule has 0 aliphatic carbocycles. The molecule has 1 amide bonds. The zero-order valence-electron chi connectivity index (χ0n) is 12.8. The molecule has 0 saturated carbocycles. The van der Waals surface area contributed by atoms with Crippen LogP contribution >= 0.6 is 0 Å². The lowest BCUT2D eigenvalue weighted by Gasteiger charge is -2.20. The second kappa shape index (κ2) is 8.15. The summed E-state index contributed by atoms with van der Waals surface area (Å²) in [4.78, 5) is 12.3. The molecule has 0 bridgehead atoms. The SMILES string of the molecule is CCC1OCCC1CNC(=O)C(CN)Cc1ccccc1. The molecule has 3 N–H and O–H groups in total. The topological polar surface area (TPSA) is 64.3 Å². The second-order valence-electron chi connectivity index (χ2n) is 5.73. The Balaban J connectivity index is 1.83. The summed E-state index contributed by atoms with van der Waals surface area (Å²) < 4.78 is 5.65. The minimum absolute atomic E-state index is 0.0584. The Morgan fingerprint density at radius 2 is 2.19 bits per heavy atom. The Labute approximate surface area is 127 Å². The van der Waals surface area contributed by atoms with Crippen molar-refractivity contribution in [2.45, 2.75) is 32.3 Å². The van der Waals surface area contributed by atoms with Gasteiger partial charge >= 0.3 is 0 Å². The van der Waals surface area contributed by atoms with Crippen LogP contribution in [0.1, 0.15) is 25.3 Å². The van der Waals surface area contributed by atoms with Crippen molar-refractivity contribution in [3.8, 4) is 0 Å². The molecule has 0 spiro atoms. The van der Waals surface area contributed by atoms with Crippen LogP contribution < -0.4 is 11.1 Å². The number of benzene rings is 1. The monoisotopic (exact) mass is 290 g/mol. The first-order valence-corrected chi connectivity index (χ1v) is 7.87. The first-order valence-electron chi connectivity index (χ1n) is 7.87. The van der Waals surface area contributed by atoms with Crippen molar-refractivity contribution >= 4 is 5.91 Å². The fourth-order valence-corrected chi connectivity index (χ4v) is 2.94. The zero-order chi connectivity index (χ0) is 15.1. The van der Waals surface area contributed by atoms with E-state index in [1.54, 1.807) is 0 Å². The predicted molar refractivity (Wildman–Crippen MR) is 83.8 cm³/mol. The molecule has 2 rings (SSSR count). The van der Waals surface area contributed by atoms with E-state index in [9.17, 15) is 4.79 Å². The minimum atomic E-state index is -0.158. The molecule has 21 heavy (non-hydrogen) atoms. The van der Waals surface area contributed by atoms with Gasteiger partial charge in [0, 0.05) is 25.6 Å². The van der Waals surface area contributed by atoms with Crippen molar-refractivity contribution in [1.29, 1.82) is 0 Å². The first-order chi connectivity index (χ1) is 10.2. The molecule has 1 aromatic carbocycles. The van der Waals surface area contributed by atoms with Crippen molar-refractivity contribution < 1.29 is 9.53 Å². The maximum atomic E-state index is 12.3. The molecular weight excluding hydrogens is 264 g/mol. The zero-order valence-corrected chi connectivity index (χ0v) is 12.8. The molecule has 1 saturated heterocycles. The van der Waals surface area contributed by atoms with Crippen LogP contribution in [0.2, 0.25) is 0 Å². The number of carbonyl (C=O) groups excluding carboxylic acids is 1. The summed E-state index contributed by atoms with van der Waals surface area (Å²) in [5.41, 5.74) is 6.92. The number of hydrogen-bond acceptors (Lipinski definition) is 3. The van der Waals surface area contributed by atoms with E-state index in [2.05, 4.69) is 12.2 Å². The highest BCUT2D eigenvalue weighted by Crippen LogP contribution is 2.22. The fraction of sp³-hybridized carbons (Fsp3) is 0.588. The van der Waals surface area contributed by atoms with Gasteiger partial charge in [0.25, 0.3) is 0 Å². The Kier molecular flexibility index (Phi) is 6.21. The van der Waals surface area contributed by atoms with E-state index in [4.69, 9.17) is 10.5 Å². The molecule has 116 valence electrons. The molecule has 3 atom stereocenters. The van der Waals surface area contributed by atoms with E-state index in [-0.39, 0.29) is 17.9 Å². The van der Waals surface area contributed by atoms with Gasteiger partial charge in [-0.05, 0) is 24.8 Å². The summed E-state index contributed by atoms with van der Waals surface area (Å²) in [5, 5.41) is 3.06. The predicted octanol–water partition coefficient (Wildman–Crippen LogP) is 1.74. The maximum absolute atomic E-state index is 12.3. The van der Waals surface area contributed by atoms with Crippen molar-refractivity contribution in [3.63, 3.8) is 0 Å². The van der Waals surface area contributed by atoms with Gasteiger partial charge in [-0.2, -0.15) is 0 Å². The summed E-state index contributed by atoms with van der Waals surface area (Å²) in [5.74, 6) is 0.340. The van der Waals surface area contributed by atoms with Crippen LogP contribution in [0.15, 0.2) is 30.3 Å². The van der Waals surface area contributed by atoms with Crippen LogP contribution in [0.3, 0.4) is 0 Å². The van der Waals surface area contributed by atoms with Gasteiger partial charge in [0.15, 0.2) is 0 Å². The number of carbonyl (C=O) groups is 1. The Bertz CT molecular complexity index is 436. The lowest BCUT2D eigenvalue weighted by molar-refractivity contribution is -0.124. The number of nitrogens with two attached hydrogens (primary N) is 1. The Morgan fingerprint density at radius 3 is 2.86 bits per heavy atom. The second-order valence-corrected chi connectivity index (χ2v) is 5.73. The minimum Gasteiger partial charge on any atom is -0.378 e. The Morgan fingerprint density at radius 1 is 1.43 bits per heavy atom. The van der Waals surface area contributed by atoms with Crippen LogP contribution in [0, 0.1) is 11.8 Å². The highest BCUT2D eigenvalue weighted by atomic mass is 16.5. The molecule has 1 aliphatic heterocycles. The summed E-state index contributed by atoms with van der Waals surface area (Å²) in [6, 6.07) is 10.0. The van der Waals surface area contributed by atoms with Crippen LogP contribution in [0.5, 0.6) is 0 Å². The van der Waals surface area contributed by atoms with Crippen LogP contribution in [0.25, 0.3) is 0 Å². The molecule has 4 nitrogen and oxygen atoms in total. The summed E-state index contributed by atoms with van der Waals surface area (Å²) in [7, 11) is 0. The number of hydrogen-bond donors (Lipinski definition) is 2. The molecule has 3 unspecified atom stereocenters. The van der Waals surface area contributed by atoms with Crippen LogP contribution in [0.4, 0.5) is 0 Å². The van der Waals surface area contributed by atoms with Gasteiger partial charge < -0.3 is 15.8 Å². The van der Waals surface area contributed by atoms with E-state index >= 15 is 0 Å². The molecule has 1 fully saturated rings. The van der Waals surface area contributed by atoms with Gasteiger partial charge in [0.2, 0.25) is 5.91 Å². The lowest BCUT2D eigenvalue weighted by atomic mass is 9.97. The fourth-order valence-electron chi connectivity index (χ4n) is 2.94. The van der Waals surface area contributed by atoms with Crippen LogP contribution in [-0.4, -0.2) is 31.7 Å². The lowest BCUT2D eigenvalue weighted by Crippen LogP contribution is -2.40. The van der Waals surface area contributed by atoms with Gasteiger partial charge in [-0.15, -0.1) is 0 Å². The van der Waals surface area contributed by atoms with Crippen molar-refractivity contribution in [2.24, 2.45) is 17.6 Å². The third kappa shape index (κ3) is 4.55. The number of amides is 1. The Hall–Kier alpha value is -1.39. The average Bonchev–Trinajstić information content (AvgIpc) is 2.98. The van der Waals surface area contributed by atoms with Gasteiger partial charge in [0.1, 0.15) is 0 Å². The molecule has 0 radical (unpaired) electrons. The first kappa shape index (κ1) is 16.0. The van der Waals surface area contributed by atoms with Gasteiger partial charge in [-0.1, -0.05) is 37.3 Å².